The molecule has 0 saturated heterocycles. The van der Waals surface area contributed by atoms with Crippen molar-refractivity contribution in [3.63, 3.8) is 0 Å². The van der Waals surface area contributed by atoms with Gasteiger partial charge in [0, 0.05) is 4.88 Å². The molecule has 1 N–H and O–H groups in total. The van der Waals surface area contributed by atoms with Gasteiger partial charge in [-0.05, 0) is 26.7 Å². The summed E-state index contributed by atoms with van der Waals surface area (Å²) in [4.78, 5) is 17.8. The van der Waals surface area contributed by atoms with Crippen LogP contribution in [0.4, 0.5) is 5.13 Å². The smallest absolute Gasteiger partial charge is 0.246 e. The molecule has 0 bridgehead atoms. The second kappa shape index (κ2) is 6.67. The molecule has 0 aliphatic rings. The topological polar surface area (TPSA) is 65.8 Å². The predicted molar refractivity (Wildman–Crippen MR) is 78.1 cm³/mol. The van der Waals surface area contributed by atoms with Gasteiger partial charge in [-0.3, -0.25) is 4.79 Å². The molecule has 1 heterocycles. The fourth-order valence-electron chi connectivity index (χ4n) is 2.11. The van der Waals surface area contributed by atoms with Crippen molar-refractivity contribution in [3.05, 3.63) is 10.6 Å². The molecule has 0 atom stereocenters. The number of nitrogens with zero attached hydrogens (tertiary/aromatic N) is 2. The van der Waals surface area contributed by atoms with Crippen LogP contribution in [0.1, 0.15) is 50.1 Å². The summed E-state index contributed by atoms with van der Waals surface area (Å²) < 4.78 is 0. The van der Waals surface area contributed by atoms with E-state index >= 15 is 0 Å². The van der Waals surface area contributed by atoms with E-state index in [1.165, 1.54) is 11.3 Å². The van der Waals surface area contributed by atoms with E-state index in [4.69, 9.17) is 0 Å². The van der Waals surface area contributed by atoms with Gasteiger partial charge in [0.05, 0.1) is 11.8 Å². The van der Waals surface area contributed by atoms with Crippen molar-refractivity contribution in [2.24, 2.45) is 5.41 Å². The summed E-state index contributed by atoms with van der Waals surface area (Å²) in [6, 6.07) is 2.22. The Hall–Kier alpha value is -1.41. The van der Waals surface area contributed by atoms with Gasteiger partial charge in [-0.2, -0.15) is 5.26 Å². The molecule has 0 unspecified atom stereocenters. The van der Waals surface area contributed by atoms with E-state index in [-0.39, 0.29) is 5.91 Å². The fraction of sp³-hybridized carbons (Fsp3) is 0.643. The van der Waals surface area contributed by atoms with Crippen molar-refractivity contribution in [2.75, 3.05) is 5.32 Å². The number of nitrogens with one attached hydrogen (secondary N) is 1. The van der Waals surface area contributed by atoms with Crippen LogP contribution in [0.25, 0.3) is 0 Å². The molecule has 4 nitrogen and oxygen atoms in total. The molecule has 104 valence electrons. The number of aryl methyl sites for hydroxylation is 2. The first kappa shape index (κ1) is 15.6. The van der Waals surface area contributed by atoms with Gasteiger partial charge in [0.1, 0.15) is 5.41 Å². The molecule has 1 rings (SSSR count). The highest BCUT2D eigenvalue weighted by atomic mass is 32.1. The maximum Gasteiger partial charge on any atom is 0.246 e. The first-order chi connectivity index (χ1) is 8.99. The van der Waals surface area contributed by atoms with Crippen molar-refractivity contribution in [3.8, 4) is 6.07 Å². The highest BCUT2D eigenvalue weighted by Gasteiger charge is 2.37. The third-order valence-electron chi connectivity index (χ3n) is 3.25. The summed E-state index contributed by atoms with van der Waals surface area (Å²) in [5, 5.41) is 12.8. The number of rotatable bonds is 6. The highest BCUT2D eigenvalue weighted by molar-refractivity contribution is 7.15. The number of amides is 1. The van der Waals surface area contributed by atoms with Crippen LogP contribution in [0.5, 0.6) is 0 Å². The monoisotopic (exact) mass is 279 g/mol. The van der Waals surface area contributed by atoms with Crippen molar-refractivity contribution in [1.82, 2.24) is 4.98 Å². The zero-order valence-electron chi connectivity index (χ0n) is 12.0. The summed E-state index contributed by atoms with van der Waals surface area (Å²) in [5.74, 6) is -0.215. The van der Waals surface area contributed by atoms with Crippen LogP contribution in [-0.4, -0.2) is 10.9 Å². The lowest BCUT2D eigenvalue weighted by Crippen LogP contribution is -2.35. The largest absolute Gasteiger partial charge is 0.301 e. The third-order valence-corrected chi connectivity index (χ3v) is 4.24. The van der Waals surface area contributed by atoms with Gasteiger partial charge in [-0.25, -0.2) is 4.98 Å². The van der Waals surface area contributed by atoms with Crippen LogP contribution in [0.2, 0.25) is 0 Å². The molecule has 1 aromatic heterocycles. The lowest BCUT2D eigenvalue weighted by molar-refractivity contribution is -0.123. The Labute approximate surface area is 118 Å². The first-order valence-corrected chi connectivity index (χ1v) is 7.47. The minimum atomic E-state index is -0.920. The second-order valence-electron chi connectivity index (χ2n) is 4.81. The Morgan fingerprint density at radius 3 is 2.32 bits per heavy atom. The molecule has 0 saturated carbocycles. The van der Waals surface area contributed by atoms with Gasteiger partial charge >= 0.3 is 0 Å². The van der Waals surface area contributed by atoms with E-state index in [1.807, 2.05) is 27.7 Å². The number of aromatic nitrogens is 1. The normalized spacial score (nSPS) is 11.1. The number of nitriles is 1. The Balaban J connectivity index is 2.91. The van der Waals surface area contributed by atoms with Crippen LogP contribution >= 0.6 is 11.3 Å². The molecule has 0 aromatic carbocycles. The Morgan fingerprint density at radius 2 is 1.95 bits per heavy atom. The van der Waals surface area contributed by atoms with Crippen LogP contribution < -0.4 is 5.32 Å². The SMILES string of the molecule is CCCC(C#N)(CCC)C(=O)Nc1nc(C)c(C)s1. The highest BCUT2D eigenvalue weighted by Crippen LogP contribution is 2.32. The molecule has 19 heavy (non-hydrogen) atoms. The van der Waals surface area contributed by atoms with Gasteiger partial charge in [-0.1, -0.05) is 26.7 Å². The third kappa shape index (κ3) is 3.54. The van der Waals surface area contributed by atoms with Crippen molar-refractivity contribution in [1.29, 1.82) is 5.26 Å². The Bertz CT molecular complexity index is 462. The summed E-state index contributed by atoms with van der Waals surface area (Å²) in [6.45, 7) is 7.87. The number of carbonyl (C=O) groups excluding carboxylic acids is 1. The van der Waals surface area contributed by atoms with Crippen LogP contribution in [-0.2, 0) is 4.79 Å². The average Bonchev–Trinajstić information content (AvgIpc) is 2.67. The Morgan fingerprint density at radius 1 is 1.37 bits per heavy atom. The van der Waals surface area contributed by atoms with E-state index in [1.54, 1.807) is 0 Å². The molecular weight excluding hydrogens is 258 g/mol. The molecule has 1 amide bonds. The van der Waals surface area contributed by atoms with Gasteiger partial charge in [0.25, 0.3) is 0 Å². The van der Waals surface area contributed by atoms with E-state index in [0.29, 0.717) is 18.0 Å². The van der Waals surface area contributed by atoms with Crippen molar-refractivity contribution >= 4 is 22.4 Å². The first-order valence-electron chi connectivity index (χ1n) is 6.65. The van der Waals surface area contributed by atoms with Crippen LogP contribution in [0.15, 0.2) is 0 Å². The fourth-order valence-corrected chi connectivity index (χ4v) is 2.92. The maximum absolute atomic E-state index is 12.4. The number of hydrogen-bond acceptors (Lipinski definition) is 4. The summed E-state index contributed by atoms with van der Waals surface area (Å²) >= 11 is 1.45. The van der Waals surface area contributed by atoms with Gasteiger partial charge in [0.2, 0.25) is 5.91 Å². The standard InChI is InChI=1S/C14H21N3OS/c1-5-7-14(9-15,8-6-2)12(18)17-13-16-10(3)11(4)19-13/h5-8H2,1-4H3,(H,16,17,18). The van der Waals surface area contributed by atoms with Gasteiger partial charge in [0.15, 0.2) is 5.13 Å². The zero-order chi connectivity index (χ0) is 14.5. The van der Waals surface area contributed by atoms with Gasteiger partial charge in [-0.15, -0.1) is 11.3 Å². The minimum Gasteiger partial charge on any atom is -0.301 e. The molecule has 1 aromatic rings. The van der Waals surface area contributed by atoms with Crippen LogP contribution in [0.3, 0.4) is 0 Å². The molecule has 0 spiro atoms. The van der Waals surface area contributed by atoms with E-state index < -0.39 is 5.41 Å². The quantitative estimate of drug-likeness (QED) is 0.861. The average molecular weight is 279 g/mol. The van der Waals surface area contributed by atoms with E-state index in [2.05, 4.69) is 16.4 Å². The Kier molecular flexibility index (Phi) is 5.49. The molecule has 0 fully saturated rings. The van der Waals surface area contributed by atoms with E-state index in [9.17, 15) is 10.1 Å². The summed E-state index contributed by atoms with van der Waals surface area (Å²) in [5.41, 5.74) is 0.00519. The molecule has 0 aliphatic heterocycles. The lowest BCUT2D eigenvalue weighted by atomic mass is 9.80. The minimum absolute atomic E-state index is 0.215. The number of thiazole rings is 1. The summed E-state index contributed by atoms with van der Waals surface area (Å²) in [7, 11) is 0. The maximum atomic E-state index is 12.4. The number of hydrogen-bond donors (Lipinski definition) is 1. The molecule has 0 aliphatic carbocycles. The zero-order valence-corrected chi connectivity index (χ0v) is 12.9. The summed E-state index contributed by atoms with van der Waals surface area (Å²) in [6.07, 6.45) is 2.81. The molecule has 0 radical (unpaired) electrons. The number of anilines is 1. The van der Waals surface area contributed by atoms with E-state index in [0.717, 1.165) is 23.4 Å². The number of carbonyl (C=O) groups is 1. The van der Waals surface area contributed by atoms with Crippen LogP contribution in [0, 0.1) is 30.6 Å². The predicted octanol–water partition coefficient (Wildman–Crippen LogP) is 3.81. The molecule has 5 heteroatoms. The molecular formula is C14H21N3OS. The lowest BCUT2D eigenvalue weighted by Gasteiger charge is -2.23. The second-order valence-corrected chi connectivity index (χ2v) is 6.01. The van der Waals surface area contributed by atoms with Gasteiger partial charge < -0.3 is 5.32 Å². The van der Waals surface area contributed by atoms with Crippen molar-refractivity contribution < 1.29 is 4.79 Å². The van der Waals surface area contributed by atoms with Crippen molar-refractivity contribution in [2.45, 2.75) is 53.4 Å².